The maximum Gasteiger partial charge on any atom is 0.263 e. The van der Waals surface area contributed by atoms with Crippen LogP contribution in [0.5, 0.6) is 0 Å². The van der Waals surface area contributed by atoms with Crippen LogP contribution in [0.2, 0.25) is 0 Å². The molecular formula is C58H66N6O4. The highest BCUT2D eigenvalue weighted by molar-refractivity contribution is 6.42. The van der Waals surface area contributed by atoms with Crippen molar-refractivity contribution in [2.45, 2.75) is 194 Å². The smallest absolute Gasteiger partial charge is 0.263 e. The van der Waals surface area contributed by atoms with Gasteiger partial charge < -0.3 is 0 Å². The SMILES string of the molecule is CCCCCCCC(CCCCCCC)N1C(=O)c2c(C#N)cc3c4cc(C#N)c5c6c(c(C#N)cc(c7cc(C#N)c(c2c37)C1=O)c64)C(=O)N(C(CCCCCCC)CCCCCCC)C5=O. The van der Waals surface area contributed by atoms with Crippen molar-refractivity contribution in [2.75, 3.05) is 0 Å². The molecule has 0 aliphatic carbocycles. The third-order valence-corrected chi connectivity index (χ3v) is 14.9. The van der Waals surface area contributed by atoms with E-state index in [1.807, 2.05) is 0 Å². The number of fused-ring (bicyclic) bond motifs is 2. The molecule has 2 heterocycles. The molecule has 5 aromatic rings. The first-order valence-corrected chi connectivity index (χ1v) is 25.9. The zero-order chi connectivity index (χ0) is 48.5. The molecule has 0 aromatic heterocycles. The van der Waals surface area contributed by atoms with Gasteiger partial charge in [-0.25, -0.2) is 0 Å². The minimum atomic E-state index is -0.563. The quantitative estimate of drug-likeness (QED) is 0.0228. The molecule has 0 atom stereocenters. The number of hydrogen-bond donors (Lipinski definition) is 0. The summed E-state index contributed by atoms with van der Waals surface area (Å²) < 4.78 is 0. The lowest BCUT2D eigenvalue weighted by Crippen LogP contribution is -2.48. The Kier molecular flexibility index (Phi) is 16.5. The van der Waals surface area contributed by atoms with Crippen LogP contribution in [0, 0.1) is 45.3 Å². The van der Waals surface area contributed by atoms with E-state index in [4.69, 9.17) is 0 Å². The molecule has 0 saturated heterocycles. The van der Waals surface area contributed by atoms with Gasteiger partial charge in [-0.1, -0.05) is 156 Å². The molecule has 0 saturated carbocycles. The predicted octanol–water partition coefficient (Wildman–Crippen LogP) is 14.6. The van der Waals surface area contributed by atoms with Crippen molar-refractivity contribution < 1.29 is 19.2 Å². The Labute approximate surface area is 402 Å². The first-order chi connectivity index (χ1) is 33.2. The average molecular weight is 911 g/mol. The molecule has 7 rings (SSSR count). The van der Waals surface area contributed by atoms with Gasteiger partial charge in [-0.2, -0.15) is 21.0 Å². The molecule has 4 amide bonds. The number of rotatable bonds is 26. The minimum absolute atomic E-state index is 0.0288. The van der Waals surface area contributed by atoms with E-state index in [9.17, 15) is 21.0 Å². The molecule has 0 fully saturated rings. The molecule has 0 radical (unpaired) electrons. The second-order valence-corrected chi connectivity index (χ2v) is 19.4. The fraction of sp³-hybridized carbons (Fsp3) is 0.517. The highest BCUT2D eigenvalue weighted by Gasteiger charge is 2.44. The van der Waals surface area contributed by atoms with Gasteiger partial charge in [0.25, 0.3) is 23.6 Å². The van der Waals surface area contributed by atoms with Crippen molar-refractivity contribution in [1.29, 1.82) is 21.0 Å². The highest BCUT2D eigenvalue weighted by Crippen LogP contribution is 2.50. The molecule has 0 spiro atoms. The molecule has 68 heavy (non-hydrogen) atoms. The molecule has 0 N–H and O–H groups in total. The zero-order valence-corrected chi connectivity index (χ0v) is 40.8. The third-order valence-electron chi connectivity index (χ3n) is 14.9. The molecule has 5 aromatic carbocycles. The number of amides is 4. The number of unbranched alkanes of at least 4 members (excludes halogenated alkanes) is 16. The average Bonchev–Trinajstić information content (AvgIpc) is 3.34. The Morgan fingerprint density at radius 1 is 0.353 bits per heavy atom. The van der Waals surface area contributed by atoms with E-state index in [1.165, 1.54) is 9.80 Å². The van der Waals surface area contributed by atoms with Crippen LogP contribution in [0.15, 0.2) is 24.3 Å². The van der Waals surface area contributed by atoms with E-state index in [1.54, 1.807) is 24.3 Å². The molecule has 0 unspecified atom stereocenters. The van der Waals surface area contributed by atoms with Crippen LogP contribution in [0.1, 0.15) is 245 Å². The molecule has 2 aliphatic rings. The van der Waals surface area contributed by atoms with Gasteiger partial charge >= 0.3 is 0 Å². The van der Waals surface area contributed by atoms with Crippen molar-refractivity contribution in [3.05, 3.63) is 68.8 Å². The van der Waals surface area contributed by atoms with Crippen molar-refractivity contribution in [3.63, 3.8) is 0 Å². The van der Waals surface area contributed by atoms with Crippen molar-refractivity contribution in [1.82, 2.24) is 9.80 Å². The zero-order valence-electron chi connectivity index (χ0n) is 40.8. The lowest BCUT2D eigenvalue weighted by atomic mass is 9.77. The fourth-order valence-corrected chi connectivity index (χ4v) is 11.4. The fourth-order valence-electron chi connectivity index (χ4n) is 11.4. The first kappa shape index (κ1) is 49.5. The van der Waals surface area contributed by atoms with Crippen LogP contribution in [-0.2, 0) is 0 Å². The van der Waals surface area contributed by atoms with Gasteiger partial charge in [-0.15, -0.1) is 0 Å². The Morgan fingerprint density at radius 2 is 0.574 bits per heavy atom. The Balaban J connectivity index is 1.44. The molecule has 352 valence electrons. The first-order valence-electron chi connectivity index (χ1n) is 25.9. The summed E-state index contributed by atoms with van der Waals surface area (Å²) in [7, 11) is 0. The Bertz CT molecular complexity index is 2540. The van der Waals surface area contributed by atoms with E-state index in [-0.39, 0.29) is 55.3 Å². The van der Waals surface area contributed by atoms with Gasteiger partial charge in [0.15, 0.2) is 0 Å². The summed E-state index contributed by atoms with van der Waals surface area (Å²) in [6, 6.07) is 14.7. The third kappa shape index (κ3) is 9.16. The van der Waals surface area contributed by atoms with Gasteiger partial charge in [0.2, 0.25) is 0 Å². The summed E-state index contributed by atoms with van der Waals surface area (Å²) >= 11 is 0. The molecule has 2 aliphatic heterocycles. The van der Waals surface area contributed by atoms with Crippen LogP contribution < -0.4 is 0 Å². The van der Waals surface area contributed by atoms with Crippen LogP contribution in [-0.4, -0.2) is 45.5 Å². The number of carbonyl (C=O) groups excluding carboxylic acids is 4. The Morgan fingerprint density at radius 3 is 0.779 bits per heavy atom. The van der Waals surface area contributed by atoms with Crippen molar-refractivity contribution in [3.8, 4) is 24.3 Å². The molecule has 10 nitrogen and oxygen atoms in total. The van der Waals surface area contributed by atoms with Crippen LogP contribution >= 0.6 is 0 Å². The standard InChI is InChI=1S/C58H66N6O4/c1-5-9-13-17-21-25-41(26-22-18-14-10-6-2)63-55(65)47-37(33-59)29-43-45-31-39(35-61)49-54-50(58(68)64(57(49)67)42(27-23-19-15-11-7-3)28-24-20-16-12-8-4)40(36-62)32-46(52(45)54)44-30-38(34-60)48(56(63)66)53(47)51(43)44/h29-32,41-42H,5-28H2,1-4H3. The van der Waals surface area contributed by atoms with Gasteiger partial charge in [0.05, 0.1) is 44.5 Å². The van der Waals surface area contributed by atoms with Gasteiger partial charge in [-0.3, -0.25) is 29.0 Å². The summed E-state index contributed by atoms with van der Waals surface area (Å²) in [5.74, 6) is -2.25. The topological polar surface area (TPSA) is 170 Å². The number of carbonyl (C=O) groups is 4. The number of hydrogen-bond acceptors (Lipinski definition) is 8. The summed E-state index contributed by atoms with van der Waals surface area (Å²) in [5, 5.41) is 46.8. The summed E-state index contributed by atoms with van der Waals surface area (Å²) in [4.78, 5) is 63.0. The van der Waals surface area contributed by atoms with Gasteiger partial charge in [-0.05, 0) is 82.3 Å². The lowest BCUT2D eigenvalue weighted by molar-refractivity contribution is 0.0501. The Hall–Kier alpha value is -6.36. The summed E-state index contributed by atoms with van der Waals surface area (Å²) in [6.07, 6.45) is 22.7. The summed E-state index contributed by atoms with van der Waals surface area (Å²) in [6.45, 7) is 8.64. The molecule has 0 bridgehead atoms. The van der Waals surface area contributed by atoms with E-state index in [2.05, 4.69) is 52.0 Å². The van der Waals surface area contributed by atoms with Crippen LogP contribution in [0.4, 0.5) is 0 Å². The number of nitrogens with zero attached hydrogens (tertiary/aromatic N) is 6. The largest absolute Gasteiger partial charge is 0.271 e. The second-order valence-electron chi connectivity index (χ2n) is 19.4. The second kappa shape index (κ2) is 22.6. The van der Waals surface area contributed by atoms with E-state index in [0.717, 1.165) is 128 Å². The maximum absolute atomic E-state index is 15.1. The summed E-state index contributed by atoms with van der Waals surface area (Å²) in [5.41, 5.74) is 0.366. The lowest BCUT2D eigenvalue weighted by Gasteiger charge is -2.36. The monoisotopic (exact) mass is 911 g/mol. The number of benzene rings is 5. The van der Waals surface area contributed by atoms with Gasteiger partial charge in [0.1, 0.15) is 24.3 Å². The number of imide groups is 2. The highest BCUT2D eigenvalue weighted by atomic mass is 16.2. The predicted molar refractivity (Wildman–Crippen MR) is 269 cm³/mol. The van der Waals surface area contributed by atoms with E-state index in [0.29, 0.717) is 58.0 Å². The normalized spacial score (nSPS) is 13.5. The van der Waals surface area contributed by atoms with Crippen LogP contribution in [0.3, 0.4) is 0 Å². The van der Waals surface area contributed by atoms with Gasteiger partial charge in [0, 0.05) is 22.9 Å². The molecular weight excluding hydrogens is 845 g/mol. The minimum Gasteiger partial charge on any atom is -0.271 e. The van der Waals surface area contributed by atoms with E-state index >= 15 is 19.2 Å². The van der Waals surface area contributed by atoms with Crippen molar-refractivity contribution in [2.24, 2.45) is 0 Å². The maximum atomic E-state index is 15.1. The molecule has 10 heteroatoms. The van der Waals surface area contributed by atoms with E-state index < -0.39 is 35.7 Å². The number of nitriles is 4. The van der Waals surface area contributed by atoms with Crippen molar-refractivity contribution >= 4 is 66.7 Å². The van der Waals surface area contributed by atoms with Crippen LogP contribution in [0.25, 0.3) is 43.1 Å².